The van der Waals surface area contributed by atoms with Gasteiger partial charge in [0.25, 0.3) is 5.89 Å². The molecule has 0 saturated heterocycles. The van der Waals surface area contributed by atoms with Crippen molar-refractivity contribution in [1.82, 2.24) is 40.9 Å². The van der Waals surface area contributed by atoms with Crippen LogP contribution in [-0.4, -0.2) is 35.6 Å². The summed E-state index contributed by atoms with van der Waals surface area (Å²) in [7, 11) is 0. The van der Waals surface area contributed by atoms with E-state index < -0.39 is 5.72 Å². The van der Waals surface area contributed by atoms with Crippen molar-refractivity contribution in [3.05, 3.63) is 72.2 Å². The van der Waals surface area contributed by atoms with Crippen molar-refractivity contribution in [2.24, 2.45) is 0 Å². The van der Waals surface area contributed by atoms with Gasteiger partial charge in [0, 0.05) is 18.6 Å². The fourth-order valence-electron chi connectivity index (χ4n) is 2.81. The SMILES string of the molecule is c1cc(C2=C(c3cn[nH]c3)OC(c3ccn[nH]3)(c3ncco3)N2)[nH]n1. The van der Waals surface area contributed by atoms with Crippen LogP contribution in [0, 0.1) is 0 Å². The molecule has 0 aliphatic carbocycles. The average Bonchev–Trinajstić information content (AvgIpc) is 3.49. The molecule has 0 fully saturated rings. The number of nitrogens with one attached hydrogen (secondary N) is 4. The predicted octanol–water partition coefficient (Wildman–Crippen LogP) is 1.19. The second kappa shape index (κ2) is 5.09. The Labute approximate surface area is 140 Å². The standard InChI is InChI=1S/C15H12N8O2/c1-3-17-22-10(1)12-13(9-7-19-20-8-9)25-15(21-12,11-2-4-18-23-11)14-16-5-6-24-14/h1-8,21H,(H,17,22)(H,18,23)(H,19,20). The van der Waals surface area contributed by atoms with Crippen molar-refractivity contribution in [2.75, 3.05) is 0 Å². The lowest BCUT2D eigenvalue weighted by molar-refractivity contribution is 0.0460. The normalized spacial score (nSPS) is 19.8. The Bertz CT molecular complexity index is 902. The molecule has 25 heavy (non-hydrogen) atoms. The summed E-state index contributed by atoms with van der Waals surface area (Å²) < 4.78 is 11.9. The zero-order valence-electron chi connectivity index (χ0n) is 12.7. The van der Waals surface area contributed by atoms with E-state index >= 15 is 0 Å². The molecular formula is C15H12N8O2. The summed E-state index contributed by atoms with van der Waals surface area (Å²) in [5.74, 6) is 0.915. The second-order valence-corrected chi connectivity index (χ2v) is 5.38. The van der Waals surface area contributed by atoms with Crippen molar-refractivity contribution < 1.29 is 9.15 Å². The number of hydrogen-bond donors (Lipinski definition) is 4. The van der Waals surface area contributed by atoms with Crippen LogP contribution in [0.25, 0.3) is 11.5 Å². The number of aromatic nitrogens is 7. The van der Waals surface area contributed by atoms with Gasteiger partial charge in [0.1, 0.15) is 17.7 Å². The Balaban J connectivity index is 1.70. The number of nitrogens with zero attached hydrogens (tertiary/aromatic N) is 4. The lowest BCUT2D eigenvalue weighted by Crippen LogP contribution is -2.41. The van der Waals surface area contributed by atoms with Crippen LogP contribution in [0.15, 0.2) is 53.8 Å². The quantitative estimate of drug-likeness (QED) is 0.440. The van der Waals surface area contributed by atoms with Crippen molar-refractivity contribution in [2.45, 2.75) is 5.72 Å². The maximum absolute atomic E-state index is 6.35. The molecule has 4 N–H and O–H groups in total. The predicted molar refractivity (Wildman–Crippen MR) is 84.1 cm³/mol. The first-order valence-corrected chi connectivity index (χ1v) is 7.47. The number of H-pyrrole nitrogens is 3. The molecule has 0 aromatic carbocycles. The fraction of sp³-hybridized carbons (Fsp3) is 0.0667. The molecule has 0 saturated carbocycles. The Morgan fingerprint density at radius 3 is 2.60 bits per heavy atom. The molecule has 5 rings (SSSR count). The monoisotopic (exact) mass is 336 g/mol. The molecule has 0 bridgehead atoms. The van der Waals surface area contributed by atoms with Crippen molar-refractivity contribution in [3.63, 3.8) is 0 Å². The topological polar surface area (TPSA) is 133 Å². The van der Waals surface area contributed by atoms with Crippen molar-refractivity contribution >= 4 is 11.5 Å². The molecule has 0 spiro atoms. The summed E-state index contributed by atoms with van der Waals surface area (Å²) in [5.41, 5.74) is 1.68. The Hall–Kier alpha value is -3.82. The molecule has 4 aromatic heterocycles. The average molecular weight is 336 g/mol. The maximum atomic E-state index is 6.35. The summed E-state index contributed by atoms with van der Waals surface area (Å²) in [5, 5.41) is 24.1. The van der Waals surface area contributed by atoms with E-state index in [1.54, 1.807) is 37.1 Å². The van der Waals surface area contributed by atoms with Gasteiger partial charge in [0.15, 0.2) is 5.76 Å². The highest BCUT2D eigenvalue weighted by molar-refractivity contribution is 5.87. The summed E-state index contributed by atoms with van der Waals surface area (Å²) in [6.45, 7) is 0. The van der Waals surface area contributed by atoms with E-state index in [4.69, 9.17) is 9.15 Å². The van der Waals surface area contributed by atoms with Crippen LogP contribution < -0.4 is 5.32 Å². The number of rotatable bonds is 4. The molecule has 1 unspecified atom stereocenters. The molecular weight excluding hydrogens is 324 g/mol. The number of ether oxygens (including phenoxy) is 1. The molecule has 0 amide bonds. The fourth-order valence-corrected chi connectivity index (χ4v) is 2.81. The molecule has 124 valence electrons. The van der Waals surface area contributed by atoms with Gasteiger partial charge in [-0.2, -0.15) is 15.3 Å². The Morgan fingerprint density at radius 1 is 1.00 bits per heavy atom. The van der Waals surface area contributed by atoms with Crippen LogP contribution in [-0.2, 0) is 10.5 Å². The maximum Gasteiger partial charge on any atom is 0.300 e. The molecule has 5 heterocycles. The highest BCUT2D eigenvalue weighted by atomic mass is 16.5. The summed E-state index contributed by atoms with van der Waals surface area (Å²) in [6.07, 6.45) is 9.77. The van der Waals surface area contributed by atoms with Gasteiger partial charge in [0.2, 0.25) is 0 Å². The first-order valence-electron chi connectivity index (χ1n) is 7.47. The van der Waals surface area contributed by atoms with E-state index in [9.17, 15) is 0 Å². The summed E-state index contributed by atoms with van der Waals surface area (Å²) in [6, 6.07) is 3.63. The second-order valence-electron chi connectivity index (χ2n) is 5.38. The van der Waals surface area contributed by atoms with E-state index in [1.807, 2.05) is 6.07 Å². The Kier molecular flexibility index (Phi) is 2.77. The molecule has 10 nitrogen and oxygen atoms in total. The van der Waals surface area contributed by atoms with E-state index in [1.165, 1.54) is 6.26 Å². The van der Waals surface area contributed by atoms with Crippen LogP contribution in [0.1, 0.15) is 22.8 Å². The molecule has 1 aliphatic rings. The van der Waals surface area contributed by atoms with Gasteiger partial charge < -0.3 is 14.5 Å². The van der Waals surface area contributed by atoms with Crippen LogP contribution in [0.2, 0.25) is 0 Å². The van der Waals surface area contributed by atoms with Crippen LogP contribution in [0.5, 0.6) is 0 Å². The third kappa shape index (κ3) is 1.97. The first kappa shape index (κ1) is 13.6. The minimum atomic E-state index is -1.19. The highest BCUT2D eigenvalue weighted by Crippen LogP contribution is 2.43. The summed E-state index contributed by atoms with van der Waals surface area (Å²) in [4.78, 5) is 4.28. The molecule has 1 aliphatic heterocycles. The number of hydrogen-bond acceptors (Lipinski definition) is 7. The van der Waals surface area contributed by atoms with E-state index in [0.29, 0.717) is 23.0 Å². The molecule has 10 heteroatoms. The molecule has 1 atom stereocenters. The van der Waals surface area contributed by atoms with E-state index in [2.05, 4.69) is 40.9 Å². The van der Waals surface area contributed by atoms with E-state index in [-0.39, 0.29) is 0 Å². The van der Waals surface area contributed by atoms with Crippen LogP contribution >= 0.6 is 0 Å². The van der Waals surface area contributed by atoms with Gasteiger partial charge in [-0.25, -0.2) is 4.98 Å². The smallest absolute Gasteiger partial charge is 0.300 e. The van der Waals surface area contributed by atoms with Crippen LogP contribution in [0.3, 0.4) is 0 Å². The van der Waals surface area contributed by atoms with Crippen LogP contribution in [0.4, 0.5) is 0 Å². The van der Waals surface area contributed by atoms with Gasteiger partial charge in [-0.05, 0) is 12.1 Å². The third-order valence-electron chi connectivity index (χ3n) is 3.93. The van der Waals surface area contributed by atoms with Gasteiger partial charge in [-0.3, -0.25) is 15.3 Å². The summed E-state index contributed by atoms with van der Waals surface area (Å²) >= 11 is 0. The third-order valence-corrected chi connectivity index (χ3v) is 3.93. The zero-order chi connectivity index (χ0) is 16.7. The minimum absolute atomic E-state index is 0.340. The van der Waals surface area contributed by atoms with Gasteiger partial charge >= 0.3 is 5.72 Å². The highest BCUT2D eigenvalue weighted by Gasteiger charge is 2.50. The van der Waals surface area contributed by atoms with Gasteiger partial charge in [0.05, 0.1) is 23.7 Å². The molecule has 0 radical (unpaired) electrons. The lowest BCUT2D eigenvalue weighted by atomic mass is 10.1. The largest absolute Gasteiger partial charge is 0.450 e. The van der Waals surface area contributed by atoms with Crippen molar-refractivity contribution in [1.29, 1.82) is 0 Å². The first-order chi connectivity index (χ1) is 12.4. The van der Waals surface area contributed by atoms with Gasteiger partial charge in [-0.1, -0.05) is 0 Å². The number of oxazole rings is 1. The zero-order valence-corrected chi connectivity index (χ0v) is 12.7. The molecule has 4 aromatic rings. The minimum Gasteiger partial charge on any atom is -0.450 e. The van der Waals surface area contributed by atoms with Gasteiger partial charge in [-0.15, -0.1) is 0 Å². The van der Waals surface area contributed by atoms with Crippen molar-refractivity contribution in [3.8, 4) is 0 Å². The number of aromatic amines is 3. The lowest BCUT2D eigenvalue weighted by Gasteiger charge is -2.25. The van der Waals surface area contributed by atoms with E-state index in [0.717, 1.165) is 11.3 Å². The Morgan fingerprint density at radius 2 is 1.92 bits per heavy atom.